The molecule has 0 N–H and O–H groups in total. The molecule has 0 bridgehead atoms. The minimum Gasteiger partial charge on any atom is -0.496 e. The first-order valence-corrected chi connectivity index (χ1v) is 7.24. The molecule has 0 heterocycles. The first-order valence-electron chi connectivity index (χ1n) is 7.24. The second-order valence-corrected chi connectivity index (χ2v) is 5.81. The number of hydrogen-bond donors (Lipinski definition) is 0. The van der Waals surface area contributed by atoms with Gasteiger partial charge in [0.1, 0.15) is 5.75 Å². The number of hydrogen-bond acceptors (Lipinski definition) is 2. The van der Waals surface area contributed by atoms with Crippen LogP contribution in [0.5, 0.6) is 5.75 Å². The molecule has 0 spiro atoms. The van der Waals surface area contributed by atoms with Crippen molar-refractivity contribution in [2.24, 2.45) is 5.92 Å². The van der Waals surface area contributed by atoms with E-state index in [-0.39, 0.29) is 5.92 Å². The second-order valence-electron chi connectivity index (χ2n) is 5.81. The van der Waals surface area contributed by atoms with E-state index in [2.05, 4.69) is 32.0 Å². The monoisotopic (exact) mass is 257 g/mol. The van der Waals surface area contributed by atoms with Crippen molar-refractivity contribution in [2.45, 2.75) is 51.4 Å². The third-order valence-corrected chi connectivity index (χ3v) is 4.25. The second kappa shape index (κ2) is 6.10. The zero-order chi connectivity index (χ0) is 13.8. The van der Waals surface area contributed by atoms with Gasteiger partial charge < -0.3 is 4.74 Å². The van der Waals surface area contributed by atoms with Gasteiger partial charge in [-0.15, -0.1) is 0 Å². The first kappa shape index (κ1) is 13.9. The third kappa shape index (κ3) is 2.92. The highest BCUT2D eigenvalue weighted by molar-refractivity contribution is 5.42. The molecule has 0 aromatic heterocycles. The summed E-state index contributed by atoms with van der Waals surface area (Å²) in [6, 6.07) is 8.78. The number of methoxy groups -OCH3 is 1. The summed E-state index contributed by atoms with van der Waals surface area (Å²) in [5, 5.41) is 9.51. The van der Waals surface area contributed by atoms with Gasteiger partial charge in [0.2, 0.25) is 0 Å². The Morgan fingerprint density at radius 2 is 1.95 bits per heavy atom. The van der Waals surface area contributed by atoms with Crippen molar-refractivity contribution in [3.8, 4) is 11.8 Å². The Morgan fingerprint density at radius 3 is 2.47 bits per heavy atom. The fraction of sp³-hybridized carbons (Fsp3) is 0.588. The molecule has 1 atom stereocenters. The summed E-state index contributed by atoms with van der Waals surface area (Å²) < 4.78 is 5.42. The van der Waals surface area contributed by atoms with Crippen LogP contribution in [0.1, 0.15) is 62.5 Å². The molecule has 1 aliphatic rings. The molecule has 1 unspecified atom stereocenters. The molecular weight excluding hydrogens is 234 g/mol. The molecule has 1 aromatic carbocycles. The van der Waals surface area contributed by atoms with Crippen LogP contribution in [0.2, 0.25) is 0 Å². The van der Waals surface area contributed by atoms with Gasteiger partial charge in [-0.25, -0.2) is 0 Å². The lowest BCUT2D eigenvalue weighted by Gasteiger charge is -2.19. The lowest BCUT2D eigenvalue weighted by molar-refractivity contribution is 0.407. The van der Waals surface area contributed by atoms with Gasteiger partial charge in [0.05, 0.1) is 19.1 Å². The molecule has 1 aliphatic carbocycles. The smallest absolute Gasteiger partial charge is 0.122 e. The number of nitriles is 1. The van der Waals surface area contributed by atoms with E-state index in [1.165, 1.54) is 36.8 Å². The standard InChI is InChI=1S/C17H23NO/c1-12(2)15-10-14(8-9-17(15)19-3)16(11-18)13-6-4-5-7-13/h8-10,12-13,16H,4-7H2,1-3H3. The summed E-state index contributed by atoms with van der Waals surface area (Å²) in [6.07, 6.45) is 4.94. The normalized spacial score (nSPS) is 17.4. The summed E-state index contributed by atoms with van der Waals surface area (Å²) in [6.45, 7) is 4.33. The Kier molecular flexibility index (Phi) is 4.47. The van der Waals surface area contributed by atoms with Gasteiger partial charge in [0.25, 0.3) is 0 Å². The molecule has 1 aromatic rings. The highest BCUT2D eigenvalue weighted by Gasteiger charge is 2.27. The SMILES string of the molecule is COc1ccc(C(C#N)C2CCCC2)cc1C(C)C. The molecule has 1 saturated carbocycles. The van der Waals surface area contributed by atoms with E-state index in [0.717, 1.165) is 5.75 Å². The van der Waals surface area contributed by atoms with E-state index < -0.39 is 0 Å². The van der Waals surface area contributed by atoms with E-state index in [1.807, 2.05) is 6.07 Å². The Labute approximate surface area is 116 Å². The van der Waals surface area contributed by atoms with Crippen molar-refractivity contribution in [1.82, 2.24) is 0 Å². The zero-order valence-electron chi connectivity index (χ0n) is 12.1. The van der Waals surface area contributed by atoms with Crippen molar-refractivity contribution in [3.05, 3.63) is 29.3 Å². The van der Waals surface area contributed by atoms with Crippen LogP contribution >= 0.6 is 0 Å². The molecule has 2 heteroatoms. The van der Waals surface area contributed by atoms with Gasteiger partial charge in [-0.2, -0.15) is 5.26 Å². The maximum absolute atomic E-state index is 9.51. The van der Waals surface area contributed by atoms with Crippen LogP contribution in [-0.2, 0) is 0 Å². The van der Waals surface area contributed by atoms with Gasteiger partial charge in [-0.3, -0.25) is 0 Å². The number of nitrogens with zero attached hydrogens (tertiary/aromatic N) is 1. The predicted octanol–water partition coefficient (Wildman–Crippen LogP) is 4.62. The van der Waals surface area contributed by atoms with Crippen molar-refractivity contribution in [3.63, 3.8) is 0 Å². The van der Waals surface area contributed by atoms with Crippen molar-refractivity contribution in [2.75, 3.05) is 7.11 Å². The van der Waals surface area contributed by atoms with Crippen LogP contribution in [0.15, 0.2) is 18.2 Å². The minimum absolute atomic E-state index is 0.0471. The lowest BCUT2D eigenvalue weighted by Crippen LogP contribution is -2.08. The molecule has 102 valence electrons. The fourth-order valence-corrected chi connectivity index (χ4v) is 3.14. The Balaban J connectivity index is 2.33. The van der Waals surface area contributed by atoms with E-state index in [9.17, 15) is 5.26 Å². The van der Waals surface area contributed by atoms with Gasteiger partial charge in [0.15, 0.2) is 0 Å². The van der Waals surface area contributed by atoms with Crippen LogP contribution in [-0.4, -0.2) is 7.11 Å². The van der Waals surface area contributed by atoms with Gasteiger partial charge in [-0.05, 0) is 41.9 Å². The van der Waals surface area contributed by atoms with Crippen LogP contribution in [0.3, 0.4) is 0 Å². The van der Waals surface area contributed by atoms with Crippen LogP contribution in [0.25, 0.3) is 0 Å². The number of ether oxygens (including phenoxy) is 1. The topological polar surface area (TPSA) is 33.0 Å². The van der Waals surface area contributed by atoms with Gasteiger partial charge in [0, 0.05) is 0 Å². The average Bonchev–Trinajstić information content (AvgIpc) is 2.93. The molecule has 0 radical (unpaired) electrons. The molecule has 0 saturated heterocycles. The van der Waals surface area contributed by atoms with Crippen molar-refractivity contribution in [1.29, 1.82) is 5.26 Å². The number of benzene rings is 1. The van der Waals surface area contributed by atoms with E-state index in [4.69, 9.17) is 4.74 Å². The van der Waals surface area contributed by atoms with Crippen LogP contribution in [0.4, 0.5) is 0 Å². The molecule has 0 amide bonds. The Hall–Kier alpha value is -1.49. The molecule has 2 rings (SSSR count). The molecule has 1 fully saturated rings. The zero-order valence-corrected chi connectivity index (χ0v) is 12.1. The summed E-state index contributed by atoms with van der Waals surface area (Å²) >= 11 is 0. The van der Waals surface area contributed by atoms with E-state index in [1.54, 1.807) is 7.11 Å². The van der Waals surface area contributed by atoms with Crippen LogP contribution in [0, 0.1) is 17.2 Å². The first-order chi connectivity index (χ1) is 9.17. The average molecular weight is 257 g/mol. The molecular formula is C17H23NO. The molecule has 19 heavy (non-hydrogen) atoms. The quantitative estimate of drug-likeness (QED) is 0.788. The minimum atomic E-state index is 0.0471. The summed E-state index contributed by atoms with van der Waals surface area (Å²) in [5.74, 6) is 1.93. The van der Waals surface area contributed by atoms with E-state index >= 15 is 0 Å². The summed E-state index contributed by atoms with van der Waals surface area (Å²) in [7, 11) is 1.71. The van der Waals surface area contributed by atoms with Crippen molar-refractivity contribution >= 4 is 0 Å². The lowest BCUT2D eigenvalue weighted by atomic mass is 9.84. The van der Waals surface area contributed by atoms with Gasteiger partial charge in [-0.1, -0.05) is 38.8 Å². The number of rotatable bonds is 4. The highest BCUT2D eigenvalue weighted by Crippen LogP contribution is 2.39. The Morgan fingerprint density at radius 1 is 1.26 bits per heavy atom. The largest absolute Gasteiger partial charge is 0.496 e. The van der Waals surface area contributed by atoms with Gasteiger partial charge >= 0.3 is 0 Å². The summed E-state index contributed by atoms with van der Waals surface area (Å²) in [4.78, 5) is 0. The molecule has 2 nitrogen and oxygen atoms in total. The highest BCUT2D eigenvalue weighted by atomic mass is 16.5. The predicted molar refractivity (Wildman–Crippen MR) is 77.4 cm³/mol. The van der Waals surface area contributed by atoms with Crippen molar-refractivity contribution < 1.29 is 4.74 Å². The Bertz CT molecular complexity index is 467. The van der Waals surface area contributed by atoms with E-state index in [0.29, 0.717) is 11.8 Å². The maximum Gasteiger partial charge on any atom is 0.122 e. The fourth-order valence-electron chi connectivity index (χ4n) is 3.14. The maximum atomic E-state index is 9.51. The van der Waals surface area contributed by atoms with Crippen LogP contribution < -0.4 is 4.74 Å². The molecule has 0 aliphatic heterocycles. The third-order valence-electron chi connectivity index (χ3n) is 4.25. The summed E-state index contributed by atoms with van der Waals surface area (Å²) in [5.41, 5.74) is 2.37.